The number of hydrogen-bond acceptors (Lipinski definition) is 3. The molecule has 126 valence electrons. The first-order valence-electron chi connectivity index (χ1n) is 8.85. The lowest BCUT2D eigenvalue weighted by atomic mass is 10.1. The molecule has 0 spiro atoms. The fraction of sp³-hybridized carbons (Fsp3) is 0.778. The Hall–Kier alpha value is -1.32. The molecule has 0 aromatic carbocycles. The van der Waals surface area contributed by atoms with Crippen LogP contribution in [-0.2, 0) is 14.3 Å². The van der Waals surface area contributed by atoms with Gasteiger partial charge in [-0.3, -0.25) is 4.79 Å². The summed E-state index contributed by atoms with van der Waals surface area (Å²) in [6.07, 6.45) is 16.3. The van der Waals surface area contributed by atoms with E-state index in [9.17, 15) is 9.59 Å². The molecule has 1 amide bonds. The zero-order valence-electron chi connectivity index (χ0n) is 13.9. The molecule has 22 heavy (non-hydrogen) atoms. The van der Waals surface area contributed by atoms with Crippen LogP contribution in [0, 0.1) is 0 Å². The lowest BCUT2D eigenvalue weighted by Gasteiger charge is -2.08. The van der Waals surface area contributed by atoms with Crippen LogP contribution in [-0.4, -0.2) is 24.5 Å². The van der Waals surface area contributed by atoms with Crippen LogP contribution >= 0.6 is 0 Å². The van der Waals surface area contributed by atoms with E-state index in [-0.39, 0.29) is 11.9 Å². The summed E-state index contributed by atoms with van der Waals surface area (Å²) in [6, 6.07) is -0.414. The molecule has 0 bridgehead atoms. The average molecular weight is 309 g/mol. The van der Waals surface area contributed by atoms with Crippen molar-refractivity contribution in [1.29, 1.82) is 0 Å². The summed E-state index contributed by atoms with van der Waals surface area (Å²) in [5.41, 5.74) is 0. The summed E-state index contributed by atoms with van der Waals surface area (Å²) in [6.45, 7) is 2.66. The van der Waals surface area contributed by atoms with Crippen LogP contribution in [0.3, 0.4) is 0 Å². The number of rotatable bonds is 12. The Balaban J connectivity index is 1.89. The monoisotopic (exact) mass is 309 g/mol. The van der Waals surface area contributed by atoms with E-state index >= 15 is 0 Å². The first-order valence-corrected chi connectivity index (χ1v) is 8.85. The Labute approximate surface area is 134 Å². The summed E-state index contributed by atoms with van der Waals surface area (Å²) in [5.74, 6) is -0.326. The van der Waals surface area contributed by atoms with Crippen LogP contribution < -0.4 is 5.32 Å². The van der Waals surface area contributed by atoms with Gasteiger partial charge in [0.25, 0.3) is 0 Å². The Morgan fingerprint density at radius 2 is 1.82 bits per heavy atom. The van der Waals surface area contributed by atoms with E-state index in [2.05, 4.69) is 24.4 Å². The van der Waals surface area contributed by atoms with Gasteiger partial charge in [-0.2, -0.15) is 0 Å². The molecule has 1 N–H and O–H groups in total. The highest BCUT2D eigenvalue weighted by Crippen LogP contribution is 2.08. The van der Waals surface area contributed by atoms with Gasteiger partial charge in [-0.1, -0.05) is 44.8 Å². The second-order valence-corrected chi connectivity index (χ2v) is 6.00. The second kappa shape index (κ2) is 12.2. The molecule has 0 aromatic rings. The topological polar surface area (TPSA) is 55.4 Å². The van der Waals surface area contributed by atoms with Gasteiger partial charge in [0.05, 0.1) is 6.61 Å². The number of carbonyl (C=O) groups excluding carboxylic acids is 2. The van der Waals surface area contributed by atoms with E-state index in [4.69, 9.17) is 4.74 Å². The number of unbranched alkanes of at least 4 members (excludes halogenated alkanes) is 7. The molecule has 1 unspecified atom stereocenters. The minimum atomic E-state index is -0.414. The van der Waals surface area contributed by atoms with E-state index in [1.54, 1.807) is 0 Å². The number of esters is 1. The molecular formula is C18H31NO3. The molecular weight excluding hydrogens is 278 g/mol. The van der Waals surface area contributed by atoms with Gasteiger partial charge in [0.15, 0.2) is 0 Å². The molecule has 1 saturated heterocycles. The molecule has 0 radical (unpaired) electrons. The van der Waals surface area contributed by atoms with Crippen LogP contribution in [0.1, 0.15) is 77.6 Å². The predicted molar refractivity (Wildman–Crippen MR) is 88.5 cm³/mol. The van der Waals surface area contributed by atoms with Crippen molar-refractivity contribution in [3.05, 3.63) is 12.2 Å². The molecule has 1 atom stereocenters. The largest absolute Gasteiger partial charge is 0.464 e. The number of carbonyl (C=O) groups is 2. The van der Waals surface area contributed by atoms with Crippen molar-refractivity contribution in [1.82, 2.24) is 5.32 Å². The number of hydrogen-bond donors (Lipinski definition) is 1. The fourth-order valence-electron chi connectivity index (χ4n) is 2.54. The van der Waals surface area contributed by atoms with E-state index in [1.165, 1.54) is 32.1 Å². The van der Waals surface area contributed by atoms with Crippen molar-refractivity contribution in [3.8, 4) is 0 Å². The zero-order chi connectivity index (χ0) is 16.0. The summed E-state index contributed by atoms with van der Waals surface area (Å²) in [4.78, 5) is 22.9. The summed E-state index contributed by atoms with van der Waals surface area (Å²) in [7, 11) is 0. The van der Waals surface area contributed by atoms with Crippen LogP contribution in [0.4, 0.5) is 0 Å². The molecule has 1 fully saturated rings. The molecule has 4 heteroatoms. The quantitative estimate of drug-likeness (QED) is 0.338. The van der Waals surface area contributed by atoms with Gasteiger partial charge >= 0.3 is 5.97 Å². The van der Waals surface area contributed by atoms with E-state index in [0.717, 1.165) is 25.7 Å². The van der Waals surface area contributed by atoms with Crippen molar-refractivity contribution in [2.45, 2.75) is 83.6 Å². The molecule has 1 aliphatic heterocycles. The summed E-state index contributed by atoms with van der Waals surface area (Å²) >= 11 is 0. The number of cyclic esters (lactones) is 1. The highest BCUT2D eigenvalue weighted by atomic mass is 16.5. The first-order chi connectivity index (χ1) is 10.7. The Morgan fingerprint density at radius 3 is 2.41 bits per heavy atom. The van der Waals surface area contributed by atoms with E-state index in [0.29, 0.717) is 19.4 Å². The Kier molecular flexibility index (Phi) is 10.4. The van der Waals surface area contributed by atoms with Crippen LogP contribution in [0.15, 0.2) is 12.2 Å². The lowest BCUT2D eigenvalue weighted by molar-refractivity contribution is -0.141. The minimum Gasteiger partial charge on any atom is -0.464 e. The molecule has 1 rings (SSSR count). The minimum absolute atomic E-state index is 0.0321. The smallest absolute Gasteiger partial charge is 0.328 e. The van der Waals surface area contributed by atoms with Crippen molar-refractivity contribution in [3.63, 3.8) is 0 Å². The molecule has 4 nitrogen and oxygen atoms in total. The van der Waals surface area contributed by atoms with Gasteiger partial charge in [-0.25, -0.2) is 4.79 Å². The average Bonchev–Trinajstić information content (AvgIpc) is 2.90. The van der Waals surface area contributed by atoms with E-state index in [1.807, 2.05) is 0 Å². The molecule has 0 aliphatic carbocycles. The van der Waals surface area contributed by atoms with Gasteiger partial charge in [0, 0.05) is 12.8 Å². The highest BCUT2D eigenvalue weighted by Gasteiger charge is 2.27. The number of ether oxygens (including phenoxy) is 1. The van der Waals surface area contributed by atoms with Gasteiger partial charge in [-0.05, 0) is 32.1 Å². The zero-order valence-corrected chi connectivity index (χ0v) is 13.9. The summed E-state index contributed by atoms with van der Waals surface area (Å²) < 4.78 is 4.82. The third-order valence-corrected chi connectivity index (χ3v) is 3.94. The van der Waals surface area contributed by atoms with Gasteiger partial charge in [0.1, 0.15) is 6.04 Å². The highest BCUT2D eigenvalue weighted by molar-refractivity contribution is 5.85. The Bertz CT molecular complexity index is 352. The van der Waals surface area contributed by atoms with Gasteiger partial charge < -0.3 is 10.1 Å². The molecule has 1 aliphatic rings. The summed E-state index contributed by atoms with van der Waals surface area (Å²) in [5, 5.41) is 2.74. The Morgan fingerprint density at radius 1 is 1.14 bits per heavy atom. The maximum absolute atomic E-state index is 11.7. The second-order valence-electron chi connectivity index (χ2n) is 6.00. The maximum Gasteiger partial charge on any atom is 0.328 e. The predicted octanol–water partition coefficient (Wildman–Crippen LogP) is 3.90. The fourth-order valence-corrected chi connectivity index (χ4v) is 2.54. The third kappa shape index (κ3) is 8.85. The third-order valence-electron chi connectivity index (χ3n) is 3.94. The van der Waals surface area contributed by atoms with Crippen molar-refractivity contribution < 1.29 is 14.3 Å². The van der Waals surface area contributed by atoms with Crippen molar-refractivity contribution in [2.75, 3.05) is 6.61 Å². The number of amides is 1. The first kappa shape index (κ1) is 18.7. The maximum atomic E-state index is 11.7. The SMILES string of the molecule is CCCCCC/C=C\CCCCCC(=O)NC1CCOC1=O. The number of allylic oxidation sites excluding steroid dienone is 2. The van der Waals surface area contributed by atoms with Crippen LogP contribution in [0.2, 0.25) is 0 Å². The normalized spacial score (nSPS) is 17.9. The van der Waals surface area contributed by atoms with Crippen LogP contribution in [0.25, 0.3) is 0 Å². The van der Waals surface area contributed by atoms with E-state index < -0.39 is 6.04 Å². The molecule has 0 aromatic heterocycles. The van der Waals surface area contributed by atoms with Crippen molar-refractivity contribution >= 4 is 11.9 Å². The number of nitrogens with one attached hydrogen (secondary N) is 1. The van der Waals surface area contributed by atoms with Gasteiger partial charge in [-0.15, -0.1) is 0 Å². The molecule has 0 saturated carbocycles. The van der Waals surface area contributed by atoms with Crippen LogP contribution in [0.5, 0.6) is 0 Å². The van der Waals surface area contributed by atoms with Gasteiger partial charge in [0.2, 0.25) is 5.91 Å². The van der Waals surface area contributed by atoms with Crippen molar-refractivity contribution in [2.24, 2.45) is 0 Å². The molecule has 1 heterocycles. The standard InChI is InChI=1S/C18H31NO3/c1-2-3-4-5-6-7-8-9-10-11-12-13-17(20)19-16-14-15-22-18(16)21/h7-8,16H,2-6,9-15H2,1H3,(H,19,20)/b8-7-. The lowest BCUT2D eigenvalue weighted by Crippen LogP contribution is -2.37.